The zero-order chi connectivity index (χ0) is 8.85. The first-order valence-corrected chi connectivity index (χ1v) is 2.97. The van der Waals surface area contributed by atoms with Gasteiger partial charge in [-0.15, -0.1) is 0 Å². The third kappa shape index (κ3) is 15.4. The van der Waals surface area contributed by atoms with E-state index >= 15 is 0 Å². The largest absolute Gasteiger partial charge is 1.00 e. The fourth-order valence-corrected chi connectivity index (χ4v) is 0.503. The second-order valence-electron chi connectivity index (χ2n) is 2.00. The maximum absolute atomic E-state index is 10.5. The van der Waals surface area contributed by atoms with Crippen molar-refractivity contribution >= 4 is 17.7 Å². The minimum Gasteiger partial charge on any atom is -1.00 e. The van der Waals surface area contributed by atoms with Gasteiger partial charge >= 0.3 is 71.1 Å². The van der Waals surface area contributed by atoms with Gasteiger partial charge in [-0.25, -0.2) is 0 Å². The molecule has 2 N–H and O–H groups in total. The fourth-order valence-electron chi connectivity index (χ4n) is 0.503. The number of carboxylic acid groups (broad SMARTS) is 2. The Hall–Kier alpha value is 0.610. The van der Waals surface area contributed by atoms with Crippen LogP contribution < -0.4 is 59.1 Å². The van der Waals surface area contributed by atoms with Crippen molar-refractivity contribution in [1.82, 2.24) is 0 Å². The van der Waals surface area contributed by atoms with Crippen molar-refractivity contribution in [3.8, 4) is 0 Å². The number of rotatable bonds is 5. The van der Waals surface area contributed by atoms with Gasteiger partial charge in [0.05, 0.1) is 6.42 Å². The topological polar surface area (TPSA) is 91.7 Å². The van der Waals surface area contributed by atoms with E-state index in [4.69, 9.17) is 10.2 Å². The van der Waals surface area contributed by atoms with Gasteiger partial charge in [-0.3, -0.25) is 14.4 Å². The number of carbonyl (C=O) groups is 3. The molecule has 0 saturated carbocycles. The molecule has 0 saturated heterocycles. The number of Topliss-reactive ketones (excluding diaryl/α,β-unsaturated/α-hetero) is 1. The average molecular weight is 208 g/mol. The van der Waals surface area contributed by atoms with Crippen molar-refractivity contribution in [2.75, 3.05) is 0 Å². The molecule has 0 heterocycles. The smallest absolute Gasteiger partial charge is 1.00 e. The van der Waals surface area contributed by atoms with Gasteiger partial charge in [-0.2, -0.15) is 0 Å². The van der Waals surface area contributed by atoms with E-state index in [2.05, 4.69) is 0 Å². The molecule has 0 aromatic rings. The monoisotopic (exact) mass is 208 g/mol. The molecule has 0 spiro atoms. The summed E-state index contributed by atoms with van der Waals surface area (Å²) in [6, 6.07) is 0. The first-order valence-electron chi connectivity index (χ1n) is 2.97. The van der Waals surface area contributed by atoms with E-state index in [9.17, 15) is 14.4 Å². The van der Waals surface area contributed by atoms with Crippen LogP contribution in [-0.4, -0.2) is 27.9 Å². The molecule has 7 heteroatoms. The van der Waals surface area contributed by atoms with Gasteiger partial charge < -0.3 is 13.1 Å². The number of ketones is 1. The summed E-state index contributed by atoms with van der Waals surface area (Å²) >= 11 is 0. The third-order valence-corrected chi connectivity index (χ3v) is 0.966. The quantitative estimate of drug-likeness (QED) is 0.347. The molecule has 0 atom stereocenters. The Morgan fingerprint density at radius 2 is 1.38 bits per heavy atom. The van der Waals surface area contributed by atoms with E-state index in [1.807, 2.05) is 0 Å². The van der Waals surface area contributed by atoms with Crippen molar-refractivity contribution < 1.29 is 86.6 Å². The second-order valence-corrected chi connectivity index (χ2v) is 2.00. The number of aliphatic carboxylic acids is 2. The summed E-state index contributed by atoms with van der Waals surface area (Å²) in [5.74, 6) is -2.87. The molecule has 0 unspecified atom stereocenters. The van der Waals surface area contributed by atoms with Gasteiger partial charge in [0.1, 0.15) is 12.2 Å². The minimum atomic E-state index is -1.22. The molecule has 13 heavy (non-hydrogen) atoms. The number of hydrogen-bond acceptors (Lipinski definition) is 3. The molecule has 0 aliphatic carbocycles. The predicted molar refractivity (Wildman–Crippen MR) is 36.4 cm³/mol. The normalized spacial score (nSPS) is 7.69. The van der Waals surface area contributed by atoms with Gasteiger partial charge in [-0.05, 0) is 0 Å². The second kappa shape index (κ2) is 10.7. The zero-order valence-corrected chi connectivity index (χ0v) is 11.7. The maximum atomic E-state index is 10.5. The van der Waals surface area contributed by atoms with Crippen molar-refractivity contribution in [3.63, 3.8) is 0 Å². The third-order valence-electron chi connectivity index (χ3n) is 0.966. The zero-order valence-electron chi connectivity index (χ0n) is 9.74. The Labute approximate surface area is 122 Å². The molecule has 0 fully saturated rings. The van der Waals surface area contributed by atoms with Gasteiger partial charge in [0.2, 0.25) is 0 Å². The summed E-state index contributed by atoms with van der Waals surface area (Å²) in [5, 5.41) is 16.2. The van der Waals surface area contributed by atoms with Crippen LogP contribution in [0.2, 0.25) is 0 Å². The Morgan fingerprint density at radius 3 is 1.69 bits per heavy atom. The molecular formula is C6H10Na2O5. The summed E-state index contributed by atoms with van der Waals surface area (Å²) in [7, 11) is 0. The summed E-state index contributed by atoms with van der Waals surface area (Å²) in [6.45, 7) is 0. The molecule has 66 valence electrons. The van der Waals surface area contributed by atoms with Crippen LogP contribution in [0, 0.1) is 0 Å². The summed E-state index contributed by atoms with van der Waals surface area (Å²) in [6.07, 6.45) is -1.10. The van der Waals surface area contributed by atoms with Crippen LogP contribution in [0.5, 0.6) is 0 Å². The minimum absolute atomic E-state index is 0. The van der Waals surface area contributed by atoms with Crippen LogP contribution in [0.4, 0.5) is 0 Å². The molecule has 0 radical (unpaired) electrons. The number of carbonyl (C=O) groups excluding carboxylic acids is 1. The summed E-state index contributed by atoms with van der Waals surface area (Å²) in [4.78, 5) is 30.3. The molecular weight excluding hydrogens is 198 g/mol. The molecule has 0 aliphatic rings. The van der Waals surface area contributed by atoms with E-state index < -0.39 is 24.1 Å². The molecule has 5 nitrogen and oxygen atoms in total. The van der Waals surface area contributed by atoms with Crippen molar-refractivity contribution in [3.05, 3.63) is 0 Å². The van der Waals surface area contributed by atoms with Crippen LogP contribution in [0.15, 0.2) is 0 Å². The molecule has 0 rings (SSSR count). The van der Waals surface area contributed by atoms with Gasteiger partial charge in [0.25, 0.3) is 0 Å². The Morgan fingerprint density at radius 1 is 0.923 bits per heavy atom. The van der Waals surface area contributed by atoms with Crippen LogP contribution in [0.25, 0.3) is 0 Å². The summed E-state index contributed by atoms with van der Waals surface area (Å²) in [5.41, 5.74) is 0. The Balaban J connectivity index is -0.0000000833. The van der Waals surface area contributed by atoms with E-state index in [-0.39, 0.29) is 74.8 Å². The first-order chi connectivity index (χ1) is 5.02. The van der Waals surface area contributed by atoms with E-state index in [0.29, 0.717) is 0 Å². The van der Waals surface area contributed by atoms with Crippen LogP contribution in [0.1, 0.15) is 22.1 Å². The van der Waals surface area contributed by atoms with Crippen molar-refractivity contribution in [2.24, 2.45) is 0 Å². The fraction of sp³-hybridized carbons (Fsp3) is 0.500. The van der Waals surface area contributed by atoms with E-state index in [1.165, 1.54) is 0 Å². The van der Waals surface area contributed by atoms with Crippen molar-refractivity contribution in [2.45, 2.75) is 19.3 Å². The SMILES string of the molecule is O=C(O)CCC(=O)CC(=O)O.[H-].[H-].[Na+].[Na+]. The van der Waals surface area contributed by atoms with E-state index in [0.717, 1.165) is 0 Å². The van der Waals surface area contributed by atoms with Gasteiger partial charge in [-0.1, -0.05) is 0 Å². The van der Waals surface area contributed by atoms with Crippen LogP contribution in [0.3, 0.4) is 0 Å². The number of carboxylic acids is 2. The van der Waals surface area contributed by atoms with Crippen LogP contribution in [-0.2, 0) is 14.4 Å². The Bertz CT molecular complexity index is 200. The van der Waals surface area contributed by atoms with Gasteiger partial charge in [0, 0.05) is 6.42 Å². The first kappa shape index (κ1) is 19.2. The molecule has 0 aliphatic heterocycles. The Kier molecular flexibility index (Phi) is 15.8. The molecule has 0 bridgehead atoms. The molecule has 0 aromatic heterocycles. The summed E-state index contributed by atoms with van der Waals surface area (Å²) < 4.78 is 0. The van der Waals surface area contributed by atoms with Crippen molar-refractivity contribution in [1.29, 1.82) is 0 Å². The molecule has 0 amide bonds. The standard InChI is InChI=1S/C6H8O5.2Na.2H/c7-4(3-6(10)11)1-2-5(8)9;;;;/h1-3H2,(H,8,9)(H,10,11);;;;/q;2*+1;2*-1. The van der Waals surface area contributed by atoms with Gasteiger partial charge in [0.15, 0.2) is 0 Å². The van der Waals surface area contributed by atoms with E-state index in [1.54, 1.807) is 0 Å². The predicted octanol–water partition coefficient (Wildman–Crippen LogP) is -5.87. The molecule has 0 aromatic carbocycles. The average Bonchev–Trinajstić information content (AvgIpc) is 1.82. The van der Waals surface area contributed by atoms with Crippen LogP contribution >= 0.6 is 0 Å². The number of hydrogen-bond donors (Lipinski definition) is 2. The maximum Gasteiger partial charge on any atom is 1.00 e.